The maximum absolute atomic E-state index is 11.9. The number of rotatable bonds is 3. The van der Waals surface area contributed by atoms with Gasteiger partial charge in [-0.1, -0.05) is 35.9 Å². The first-order chi connectivity index (χ1) is 8.70. The molecule has 0 saturated heterocycles. The summed E-state index contributed by atoms with van der Waals surface area (Å²) in [7, 11) is 0. The van der Waals surface area contributed by atoms with Gasteiger partial charge in [-0.2, -0.15) is 0 Å². The molecule has 0 fully saturated rings. The lowest BCUT2D eigenvalue weighted by molar-refractivity contribution is 0.0731. The SMILES string of the molecule is Cc1ccc(OC(=O)c2ccccc2C=O)cc1. The fraction of sp³-hybridized carbons (Fsp3) is 0.0667. The van der Waals surface area contributed by atoms with Crippen molar-refractivity contribution in [3.05, 3.63) is 65.2 Å². The molecule has 3 nitrogen and oxygen atoms in total. The Balaban J connectivity index is 2.22. The summed E-state index contributed by atoms with van der Waals surface area (Å²) in [6.07, 6.45) is 0.645. The van der Waals surface area contributed by atoms with Crippen molar-refractivity contribution in [2.75, 3.05) is 0 Å². The van der Waals surface area contributed by atoms with E-state index in [1.807, 2.05) is 19.1 Å². The van der Waals surface area contributed by atoms with Gasteiger partial charge in [-0.25, -0.2) is 4.79 Å². The van der Waals surface area contributed by atoms with E-state index in [9.17, 15) is 9.59 Å². The van der Waals surface area contributed by atoms with Crippen LogP contribution in [0.2, 0.25) is 0 Å². The van der Waals surface area contributed by atoms with Crippen LogP contribution < -0.4 is 4.74 Å². The highest BCUT2D eigenvalue weighted by Crippen LogP contribution is 2.15. The van der Waals surface area contributed by atoms with Crippen molar-refractivity contribution in [3.8, 4) is 5.75 Å². The van der Waals surface area contributed by atoms with Gasteiger partial charge >= 0.3 is 5.97 Å². The third-order valence-corrected chi connectivity index (χ3v) is 2.54. The van der Waals surface area contributed by atoms with Crippen LogP contribution in [0.25, 0.3) is 0 Å². The Bertz CT molecular complexity index is 571. The summed E-state index contributed by atoms with van der Waals surface area (Å²) < 4.78 is 5.20. The number of hydrogen-bond acceptors (Lipinski definition) is 3. The molecule has 0 radical (unpaired) electrons. The van der Waals surface area contributed by atoms with E-state index in [1.165, 1.54) is 0 Å². The van der Waals surface area contributed by atoms with E-state index in [-0.39, 0.29) is 5.56 Å². The third kappa shape index (κ3) is 2.63. The molecule has 3 heteroatoms. The minimum atomic E-state index is -0.526. The minimum absolute atomic E-state index is 0.271. The van der Waals surface area contributed by atoms with Crippen LogP contribution in [0.1, 0.15) is 26.3 Å². The number of aldehydes is 1. The highest BCUT2D eigenvalue weighted by molar-refractivity contribution is 5.99. The number of esters is 1. The van der Waals surface area contributed by atoms with E-state index in [4.69, 9.17) is 4.74 Å². The molecule has 0 amide bonds. The number of carbonyl (C=O) groups excluding carboxylic acids is 2. The van der Waals surface area contributed by atoms with Gasteiger partial charge in [0.15, 0.2) is 6.29 Å². The second kappa shape index (κ2) is 5.27. The molecule has 2 rings (SSSR count). The molecule has 0 aliphatic rings. The summed E-state index contributed by atoms with van der Waals surface area (Å²) in [4.78, 5) is 22.7. The summed E-state index contributed by atoms with van der Waals surface area (Å²) in [5.41, 5.74) is 1.69. The van der Waals surface area contributed by atoms with Crippen LogP contribution in [0.3, 0.4) is 0 Å². The fourth-order valence-electron chi connectivity index (χ4n) is 1.55. The molecule has 0 spiro atoms. The Kier molecular flexibility index (Phi) is 3.53. The first-order valence-corrected chi connectivity index (χ1v) is 5.54. The molecule has 0 bridgehead atoms. The lowest BCUT2D eigenvalue weighted by Crippen LogP contribution is -2.11. The third-order valence-electron chi connectivity index (χ3n) is 2.54. The van der Waals surface area contributed by atoms with Crippen molar-refractivity contribution in [1.82, 2.24) is 0 Å². The monoisotopic (exact) mass is 240 g/mol. The van der Waals surface area contributed by atoms with E-state index in [2.05, 4.69) is 0 Å². The summed E-state index contributed by atoms with van der Waals surface area (Å²) in [6.45, 7) is 1.95. The van der Waals surface area contributed by atoms with Crippen LogP contribution in [0, 0.1) is 6.92 Å². The Hall–Kier alpha value is -2.42. The lowest BCUT2D eigenvalue weighted by atomic mass is 10.1. The fourth-order valence-corrected chi connectivity index (χ4v) is 1.55. The van der Waals surface area contributed by atoms with E-state index in [0.29, 0.717) is 17.6 Å². The van der Waals surface area contributed by atoms with E-state index in [0.717, 1.165) is 5.56 Å². The van der Waals surface area contributed by atoms with Crippen molar-refractivity contribution in [1.29, 1.82) is 0 Å². The zero-order valence-electron chi connectivity index (χ0n) is 9.92. The van der Waals surface area contributed by atoms with Crippen molar-refractivity contribution in [2.24, 2.45) is 0 Å². The molecule has 0 aliphatic carbocycles. The van der Waals surface area contributed by atoms with E-state index >= 15 is 0 Å². The molecule has 2 aromatic carbocycles. The predicted molar refractivity (Wildman–Crippen MR) is 68.0 cm³/mol. The second-order valence-electron chi connectivity index (χ2n) is 3.91. The van der Waals surface area contributed by atoms with Crippen LogP contribution in [-0.4, -0.2) is 12.3 Å². The first kappa shape index (κ1) is 12.0. The summed E-state index contributed by atoms with van der Waals surface area (Å²) in [5.74, 6) is -0.0622. The van der Waals surface area contributed by atoms with Crippen molar-refractivity contribution in [2.45, 2.75) is 6.92 Å². The van der Waals surface area contributed by atoms with Gasteiger partial charge in [0.1, 0.15) is 5.75 Å². The van der Waals surface area contributed by atoms with Crippen molar-refractivity contribution >= 4 is 12.3 Å². The van der Waals surface area contributed by atoms with Gasteiger partial charge < -0.3 is 4.74 Å². The number of ether oxygens (including phenoxy) is 1. The molecule has 18 heavy (non-hydrogen) atoms. The molecule has 0 aliphatic heterocycles. The molecule has 0 N–H and O–H groups in total. The van der Waals surface area contributed by atoms with Crippen LogP contribution >= 0.6 is 0 Å². The smallest absolute Gasteiger partial charge is 0.344 e. The summed E-state index contributed by atoms with van der Waals surface area (Å²) in [6, 6.07) is 13.7. The minimum Gasteiger partial charge on any atom is -0.423 e. The Morgan fingerprint density at radius 2 is 1.72 bits per heavy atom. The number of aryl methyl sites for hydroxylation is 1. The Morgan fingerprint density at radius 3 is 2.39 bits per heavy atom. The maximum Gasteiger partial charge on any atom is 0.344 e. The van der Waals surface area contributed by atoms with Gasteiger partial charge in [-0.15, -0.1) is 0 Å². The van der Waals surface area contributed by atoms with E-state index < -0.39 is 5.97 Å². The average Bonchev–Trinajstić information content (AvgIpc) is 2.41. The zero-order valence-corrected chi connectivity index (χ0v) is 9.92. The molecule has 90 valence electrons. The van der Waals surface area contributed by atoms with Gasteiger partial charge in [-0.3, -0.25) is 4.79 Å². The summed E-state index contributed by atoms with van der Waals surface area (Å²) >= 11 is 0. The van der Waals surface area contributed by atoms with Crippen LogP contribution in [-0.2, 0) is 0 Å². The van der Waals surface area contributed by atoms with Crippen molar-refractivity contribution in [3.63, 3.8) is 0 Å². The van der Waals surface area contributed by atoms with Gasteiger partial charge in [0.2, 0.25) is 0 Å². The van der Waals surface area contributed by atoms with Gasteiger partial charge in [-0.05, 0) is 25.1 Å². The second-order valence-corrected chi connectivity index (χ2v) is 3.91. The van der Waals surface area contributed by atoms with Crippen LogP contribution in [0.4, 0.5) is 0 Å². The molecule has 0 aromatic heterocycles. The molecule has 0 heterocycles. The molecular formula is C15H12O3. The zero-order chi connectivity index (χ0) is 13.0. The summed E-state index contributed by atoms with van der Waals surface area (Å²) in [5, 5.41) is 0. The quantitative estimate of drug-likeness (QED) is 0.470. The molecular weight excluding hydrogens is 228 g/mol. The molecule has 0 atom stereocenters. The Labute approximate surface area is 105 Å². The largest absolute Gasteiger partial charge is 0.423 e. The predicted octanol–water partition coefficient (Wildman–Crippen LogP) is 3.03. The number of carbonyl (C=O) groups is 2. The number of benzene rings is 2. The highest BCUT2D eigenvalue weighted by Gasteiger charge is 2.12. The molecule has 0 unspecified atom stereocenters. The number of hydrogen-bond donors (Lipinski definition) is 0. The molecule has 2 aromatic rings. The average molecular weight is 240 g/mol. The van der Waals surface area contributed by atoms with Crippen molar-refractivity contribution < 1.29 is 14.3 Å². The Morgan fingerprint density at radius 1 is 1.06 bits per heavy atom. The first-order valence-electron chi connectivity index (χ1n) is 5.54. The van der Waals surface area contributed by atoms with Gasteiger partial charge in [0, 0.05) is 5.56 Å². The lowest BCUT2D eigenvalue weighted by Gasteiger charge is -2.06. The van der Waals surface area contributed by atoms with Crippen LogP contribution in [0.15, 0.2) is 48.5 Å². The van der Waals surface area contributed by atoms with Crippen LogP contribution in [0.5, 0.6) is 5.75 Å². The normalized spacial score (nSPS) is 9.83. The topological polar surface area (TPSA) is 43.4 Å². The van der Waals surface area contributed by atoms with Gasteiger partial charge in [0.25, 0.3) is 0 Å². The van der Waals surface area contributed by atoms with Gasteiger partial charge in [0.05, 0.1) is 5.56 Å². The maximum atomic E-state index is 11.9. The molecule has 0 saturated carbocycles. The van der Waals surface area contributed by atoms with E-state index in [1.54, 1.807) is 36.4 Å². The highest BCUT2D eigenvalue weighted by atomic mass is 16.5. The standard InChI is InChI=1S/C15H12O3/c1-11-6-8-13(9-7-11)18-15(17)14-5-3-2-4-12(14)10-16/h2-10H,1H3.